The number of benzene rings is 1. The van der Waals surface area contributed by atoms with Crippen molar-refractivity contribution in [3.63, 3.8) is 0 Å². The summed E-state index contributed by atoms with van der Waals surface area (Å²) in [7, 11) is 3.83. The van der Waals surface area contributed by atoms with Crippen molar-refractivity contribution in [1.82, 2.24) is 14.9 Å². The number of aryl methyl sites for hydroxylation is 1. The molecule has 1 aliphatic heterocycles. The summed E-state index contributed by atoms with van der Waals surface area (Å²) in [5, 5.41) is 0. The fraction of sp³-hybridized carbons (Fsp3) is 0.476. The lowest BCUT2D eigenvalue weighted by atomic mass is 10.1. The number of anilines is 1. The number of likely N-dealkylation sites (tertiary alicyclic amines) is 1. The molecule has 6 heteroatoms. The van der Waals surface area contributed by atoms with Gasteiger partial charge in [0.1, 0.15) is 6.10 Å². The van der Waals surface area contributed by atoms with E-state index in [1.54, 1.807) is 12.4 Å². The van der Waals surface area contributed by atoms with Gasteiger partial charge in [-0.05, 0) is 31.2 Å². The average Bonchev–Trinajstić information content (AvgIpc) is 2.69. The summed E-state index contributed by atoms with van der Waals surface area (Å²) in [6, 6.07) is 10.3. The minimum atomic E-state index is -0.0350. The Hall–Kier alpha value is -2.63. The van der Waals surface area contributed by atoms with Crippen molar-refractivity contribution in [2.45, 2.75) is 38.2 Å². The number of piperidine rings is 1. The Morgan fingerprint density at radius 3 is 2.78 bits per heavy atom. The van der Waals surface area contributed by atoms with Gasteiger partial charge in [0.15, 0.2) is 5.82 Å². The molecule has 0 spiro atoms. The lowest BCUT2D eigenvalue weighted by Crippen LogP contribution is -2.44. The second-order valence-electron chi connectivity index (χ2n) is 7.14. The van der Waals surface area contributed by atoms with Crippen LogP contribution in [0.3, 0.4) is 0 Å². The van der Waals surface area contributed by atoms with E-state index in [2.05, 4.69) is 22.1 Å². The maximum atomic E-state index is 12.6. The van der Waals surface area contributed by atoms with E-state index in [-0.39, 0.29) is 12.0 Å². The number of aromatic nitrogens is 2. The topological polar surface area (TPSA) is 58.6 Å². The van der Waals surface area contributed by atoms with Gasteiger partial charge in [-0.15, -0.1) is 0 Å². The van der Waals surface area contributed by atoms with Crippen LogP contribution in [0.1, 0.15) is 31.2 Å². The maximum Gasteiger partial charge on any atom is 0.257 e. The second kappa shape index (κ2) is 9.35. The van der Waals surface area contributed by atoms with Gasteiger partial charge in [-0.1, -0.05) is 30.3 Å². The van der Waals surface area contributed by atoms with E-state index in [0.29, 0.717) is 24.7 Å². The van der Waals surface area contributed by atoms with Gasteiger partial charge < -0.3 is 14.5 Å². The third-order valence-corrected chi connectivity index (χ3v) is 4.78. The predicted octanol–water partition coefficient (Wildman–Crippen LogP) is 2.94. The van der Waals surface area contributed by atoms with E-state index in [1.165, 1.54) is 5.56 Å². The smallest absolute Gasteiger partial charge is 0.257 e. The van der Waals surface area contributed by atoms with Crippen molar-refractivity contribution in [2.24, 2.45) is 0 Å². The van der Waals surface area contributed by atoms with Crippen LogP contribution in [-0.4, -0.2) is 54.1 Å². The highest BCUT2D eigenvalue weighted by Gasteiger charge is 2.26. The van der Waals surface area contributed by atoms with Gasteiger partial charge in [-0.25, -0.2) is 9.97 Å². The van der Waals surface area contributed by atoms with E-state index >= 15 is 0 Å². The number of amides is 1. The van der Waals surface area contributed by atoms with E-state index in [0.717, 1.165) is 32.2 Å². The van der Waals surface area contributed by atoms with Crippen LogP contribution in [0, 0.1) is 0 Å². The van der Waals surface area contributed by atoms with Crippen molar-refractivity contribution in [1.29, 1.82) is 0 Å². The Morgan fingerprint density at radius 1 is 1.22 bits per heavy atom. The molecular formula is C21H28N4O2. The Bertz CT molecular complexity index is 736. The van der Waals surface area contributed by atoms with Gasteiger partial charge in [0, 0.05) is 39.5 Å². The molecule has 1 unspecified atom stereocenters. The van der Waals surface area contributed by atoms with Crippen LogP contribution in [0.2, 0.25) is 0 Å². The highest BCUT2D eigenvalue weighted by Crippen LogP contribution is 2.24. The van der Waals surface area contributed by atoms with Crippen molar-refractivity contribution >= 4 is 11.7 Å². The summed E-state index contributed by atoms with van der Waals surface area (Å²) in [5.74, 6) is 1.46. The predicted molar refractivity (Wildman–Crippen MR) is 106 cm³/mol. The minimum absolute atomic E-state index is 0.0350. The minimum Gasteiger partial charge on any atom is -0.470 e. The van der Waals surface area contributed by atoms with Gasteiger partial charge in [-0.2, -0.15) is 0 Å². The first-order valence-corrected chi connectivity index (χ1v) is 9.60. The van der Waals surface area contributed by atoms with Gasteiger partial charge in [-0.3, -0.25) is 4.79 Å². The molecule has 1 fully saturated rings. The Balaban J connectivity index is 1.51. The average molecular weight is 368 g/mol. The Labute approximate surface area is 161 Å². The largest absolute Gasteiger partial charge is 0.470 e. The molecule has 2 aromatic rings. The fourth-order valence-corrected chi connectivity index (χ4v) is 3.37. The van der Waals surface area contributed by atoms with E-state index in [9.17, 15) is 4.79 Å². The van der Waals surface area contributed by atoms with E-state index in [4.69, 9.17) is 4.74 Å². The zero-order chi connectivity index (χ0) is 19.1. The molecule has 1 saturated heterocycles. The summed E-state index contributed by atoms with van der Waals surface area (Å²) in [6.45, 7) is 1.43. The maximum absolute atomic E-state index is 12.6. The quantitative estimate of drug-likeness (QED) is 0.752. The van der Waals surface area contributed by atoms with Gasteiger partial charge in [0.25, 0.3) is 5.88 Å². The van der Waals surface area contributed by atoms with Crippen LogP contribution in [0.15, 0.2) is 42.7 Å². The number of nitrogens with zero attached hydrogens (tertiary/aromatic N) is 4. The van der Waals surface area contributed by atoms with Gasteiger partial charge in [0.2, 0.25) is 5.91 Å². The third-order valence-electron chi connectivity index (χ3n) is 4.78. The molecule has 0 N–H and O–H groups in total. The molecule has 1 aromatic heterocycles. The number of carbonyl (C=O) groups is 1. The van der Waals surface area contributed by atoms with E-state index in [1.807, 2.05) is 42.1 Å². The second-order valence-corrected chi connectivity index (χ2v) is 7.14. The molecule has 6 nitrogen and oxygen atoms in total. The SMILES string of the molecule is CN(C)c1nccnc1OC1CCCN(C(=O)CCCc2ccccc2)C1. The summed E-state index contributed by atoms with van der Waals surface area (Å²) in [5.41, 5.74) is 1.28. The monoisotopic (exact) mass is 368 g/mol. The zero-order valence-corrected chi connectivity index (χ0v) is 16.2. The number of rotatable bonds is 7. The lowest BCUT2D eigenvalue weighted by molar-refractivity contribution is -0.133. The van der Waals surface area contributed by atoms with Crippen LogP contribution in [0.5, 0.6) is 5.88 Å². The normalized spacial score (nSPS) is 16.8. The number of hydrogen-bond acceptors (Lipinski definition) is 5. The van der Waals surface area contributed by atoms with Gasteiger partial charge in [0.05, 0.1) is 6.54 Å². The summed E-state index contributed by atoms with van der Waals surface area (Å²) >= 11 is 0. The van der Waals surface area contributed by atoms with Crippen molar-refractivity contribution in [2.75, 3.05) is 32.1 Å². The molecule has 0 aliphatic carbocycles. The van der Waals surface area contributed by atoms with Crippen LogP contribution in [0.25, 0.3) is 0 Å². The standard InChI is InChI=1S/C21H28N4O2/c1-24(2)20-21(23-14-13-22-20)27-18-11-7-15-25(16-18)19(26)12-6-10-17-8-4-3-5-9-17/h3-5,8-9,13-14,18H,6-7,10-12,15-16H2,1-2H3. The van der Waals surface area contributed by atoms with Crippen LogP contribution >= 0.6 is 0 Å². The Kier molecular flexibility index (Phi) is 6.63. The molecule has 1 amide bonds. The molecule has 0 saturated carbocycles. The number of carbonyl (C=O) groups excluding carboxylic acids is 1. The first kappa shape index (κ1) is 19.1. The van der Waals surface area contributed by atoms with Crippen LogP contribution in [-0.2, 0) is 11.2 Å². The molecular weight excluding hydrogens is 340 g/mol. The van der Waals surface area contributed by atoms with E-state index < -0.39 is 0 Å². The first-order chi connectivity index (χ1) is 13.1. The highest BCUT2D eigenvalue weighted by atomic mass is 16.5. The van der Waals surface area contributed by atoms with Crippen molar-refractivity contribution in [3.05, 3.63) is 48.3 Å². The molecule has 27 heavy (non-hydrogen) atoms. The number of hydrogen-bond donors (Lipinski definition) is 0. The summed E-state index contributed by atoms with van der Waals surface area (Å²) in [4.78, 5) is 25.1. The summed E-state index contributed by atoms with van der Waals surface area (Å²) < 4.78 is 6.09. The molecule has 1 atom stereocenters. The van der Waals surface area contributed by atoms with Gasteiger partial charge >= 0.3 is 0 Å². The molecule has 3 rings (SSSR count). The zero-order valence-electron chi connectivity index (χ0n) is 16.2. The molecule has 1 aromatic carbocycles. The fourth-order valence-electron chi connectivity index (χ4n) is 3.37. The highest BCUT2D eigenvalue weighted by molar-refractivity contribution is 5.76. The summed E-state index contributed by atoms with van der Waals surface area (Å²) in [6.07, 6.45) is 7.53. The molecule has 2 heterocycles. The van der Waals surface area contributed by atoms with Crippen LogP contribution in [0.4, 0.5) is 5.82 Å². The van der Waals surface area contributed by atoms with Crippen molar-refractivity contribution < 1.29 is 9.53 Å². The lowest BCUT2D eigenvalue weighted by Gasteiger charge is -2.33. The molecule has 144 valence electrons. The first-order valence-electron chi connectivity index (χ1n) is 9.60. The molecule has 0 radical (unpaired) electrons. The Morgan fingerprint density at radius 2 is 2.00 bits per heavy atom. The molecule has 1 aliphatic rings. The molecule has 0 bridgehead atoms. The van der Waals surface area contributed by atoms with Crippen LogP contribution < -0.4 is 9.64 Å². The number of ether oxygens (including phenoxy) is 1. The van der Waals surface area contributed by atoms with Crippen molar-refractivity contribution in [3.8, 4) is 5.88 Å². The third kappa shape index (κ3) is 5.42.